The predicted octanol–water partition coefficient (Wildman–Crippen LogP) is 3.39. The highest BCUT2D eigenvalue weighted by molar-refractivity contribution is 6.03. The smallest absolute Gasteiger partial charge is 0.275 e. The van der Waals surface area contributed by atoms with Crippen LogP contribution in [0.1, 0.15) is 42.6 Å². The lowest BCUT2D eigenvalue weighted by Crippen LogP contribution is -2.25. The first-order valence-corrected chi connectivity index (χ1v) is 8.31. The minimum absolute atomic E-state index is 0.0625. The normalized spacial score (nSPS) is 14.8. The van der Waals surface area contributed by atoms with E-state index in [4.69, 9.17) is 0 Å². The Bertz CT molecular complexity index is 761. The maximum Gasteiger partial charge on any atom is 0.275 e. The molecule has 1 aliphatic carbocycles. The summed E-state index contributed by atoms with van der Waals surface area (Å²) in [6, 6.07) is 4.05. The first-order valence-electron chi connectivity index (χ1n) is 8.31. The third-order valence-electron chi connectivity index (χ3n) is 4.25. The highest BCUT2D eigenvalue weighted by Crippen LogP contribution is 2.26. The van der Waals surface area contributed by atoms with Crippen LogP contribution in [0.25, 0.3) is 0 Å². The lowest BCUT2D eigenvalue weighted by atomic mass is 9.88. The Labute approximate surface area is 144 Å². The van der Waals surface area contributed by atoms with Gasteiger partial charge in [-0.2, -0.15) is 0 Å². The van der Waals surface area contributed by atoms with E-state index in [9.17, 15) is 14.0 Å². The Balaban J connectivity index is 1.69. The lowest BCUT2D eigenvalue weighted by molar-refractivity contribution is -0.120. The number of anilines is 2. The van der Waals surface area contributed by atoms with Crippen LogP contribution in [0.2, 0.25) is 0 Å². The molecule has 1 fully saturated rings. The van der Waals surface area contributed by atoms with Gasteiger partial charge >= 0.3 is 0 Å². The zero-order valence-corrected chi connectivity index (χ0v) is 13.7. The van der Waals surface area contributed by atoms with Crippen molar-refractivity contribution in [3.8, 4) is 0 Å². The Morgan fingerprint density at radius 3 is 2.60 bits per heavy atom. The van der Waals surface area contributed by atoms with Crippen molar-refractivity contribution in [2.45, 2.75) is 32.1 Å². The molecule has 2 N–H and O–H groups in total. The molecule has 2 aromatic rings. The number of benzene rings is 1. The molecule has 0 aliphatic heterocycles. The van der Waals surface area contributed by atoms with E-state index in [-0.39, 0.29) is 23.2 Å². The molecule has 0 unspecified atom stereocenters. The molecule has 0 bridgehead atoms. The average molecular weight is 342 g/mol. The summed E-state index contributed by atoms with van der Waals surface area (Å²) in [7, 11) is 0. The van der Waals surface area contributed by atoms with Crippen LogP contribution in [-0.4, -0.2) is 21.8 Å². The van der Waals surface area contributed by atoms with Gasteiger partial charge in [0.1, 0.15) is 11.5 Å². The van der Waals surface area contributed by atoms with Gasteiger partial charge in [0.15, 0.2) is 0 Å². The summed E-state index contributed by atoms with van der Waals surface area (Å²) in [5.41, 5.74) is 0.586. The quantitative estimate of drug-likeness (QED) is 0.892. The van der Waals surface area contributed by atoms with Gasteiger partial charge < -0.3 is 10.6 Å². The van der Waals surface area contributed by atoms with Gasteiger partial charge in [-0.15, -0.1) is 0 Å². The largest absolute Gasteiger partial charge is 0.323 e. The second-order valence-corrected chi connectivity index (χ2v) is 6.06. The number of rotatable bonds is 4. The summed E-state index contributed by atoms with van der Waals surface area (Å²) < 4.78 is 14.0. The van der Waals surface area contributed by atoms with Crippen LogP contribution in [0, 0.1) is 11.7 Å². The molecule has 1 heterocycles. The second kappa shape index (κ2) is 7.83. The van der Waals surface area contributed by atoms with Crippen molar-refractivity contribution in [1.29, 1.82) is 0 Å². The van der Waals surface area contributed by atoms with Gasteiger partial charge in [0.05, 0.1) is 11.9 Å². The highest BCUT2D eigenvalue weighted by Gasteiger charge is 2.22. The van der Waals surface area contributed by atoms with Crippen LogP contribution in [0.3, 0.4) is 0 Å². The Morgan fingerprint density at radius 1 is 1.08 bits per heavy atom. The van der Waals surface area contributed by atoms with Crippen molar-refractivity contribution in [3.05, 3.63) is 48.3 Å². The summed E-state index contributed by atoms with van der Waals surface area (Å²) in [4.78, 5) is 32.1. The molecule has 1 aliphatic rings. The molecule has 3 rings (SSSR count). The van der Waals surface area contributed by atoms with Crippen LogP contribution in [0.5, 0.6) is 0 Å². The van der Waals surface area contributed by atoms with Gasteiger partial charge in [-0.3, -0.25) is 14.6 Å². The molecule has 6 nitrogen and oxygen atoms in total. The van der Waals surface area contributed by atoms with Crippen molar-refractivity contribution < 1.29 is 14.0 Å². The number of nitrogens with zero attached hydrogens (tertiary/aromatic N) is 2. The van der Waals surface area contributed by atoms with Crippen molar-refractivity contribution in [2.24, 2.45) is 5.92 Å². The van der Waals surface area contributed by atoms with E-state index in [0.717, 1.165) is 32.1 Å². The summed E-state index contributed by atoms with van der Waals surface area (Å²) >= 11 is 0. The van der Waals surface area contributed by atoms with Crippen molar-refractivity contribution in [2.75, 3.05) is 10.6 Å². The molecule has 0 saturated heterocycles. The fourth-order valence-corrected chi connectivity index (χ4v) is 2.91. The Kier molecular flexibility index (Phi) is 5.33. The van der Waals surface area contributed by atoms with Crippen molar-refractivity contribution in [1.82, 2.24) is 9.97 Å². The van der Waals surface area contributed by atoms with Gasteiger partial charge in [-0.1, -0.05) is 19.3 Å². The molecule has 0 spiro atoms. The molecule has 25 heavy (non-hydrogen) atoms. The topological polar surface area (TPSA) is 84.0 Å². The highest BCUT2D eigenvalue weighted by atomic mass is 19.1. The maximum atomic E-state index is 14.0. The van der Waals surface area contributed by atoms with E-state index in [0.29, 0.717) is 5.69 Å². The molecule has 1 saturated carbocycles. The third kappa shape index (κ3) is 4.37. The molecular formula is C18H19FN4O2. The molecule has 1 aromatic carbocycles. The zero-order chi connectivity index (χ0) is 17.6. The van der Waals surface area contributed by atoms with Crippen molar-refractivity contribution in [3.63, 3.8) is 0 Å². The molecular weight excluding hydrogens is 323 g/mol. The Morgan fingerprint density at radius 2 is 1.88 bits per heavy atom. The van der Waals surface area contributed by atoms with Crippen LogP contribution in [-0.2, 0) is 4.79 Å². The predicted molar refractivity (Wildman–Crippen MR) is 91.6 cm³/mol. The number of carbonyl (C=O) groups excluding carboxylic acids is 2. The van der Waals surface area contributed by atoms with Gasteiger partial charge in [-0.25, -0.2) is 9.37 Å². The van der Waals surface area contributed by atoms with E-state index in [1.807, 2.05) is 0 Å². The number of carbonyl (C=O) groups is 2. The van der Waals surface area contributed by atoms with Crippen LogP contribution >= 0.6 is 0 Å². The number of nitrogens with one attached hydrogen (secondary N) is 2. The molecule has 1 aromatic heterocycles. The number of halogens is 1. The van der Waals surface area contributed by atoms with E-state index in [1.54, 1.807) is 0 Å². The fourth-order valence-electron chi connectivity index (χ4n) is 2.91. The standard InChI is InChI=1S/C18H19FN4O2/c19-14-7-6-13(22-18(25)16-11-20-8-9-21-16)10-15(14)23-17(24)12-4-2-1-3-5-12/h6-12H,1-5H2,(H,22,25)(H,23,24). The first-order chi connectivity index (χ1) is 12.1. The van der Waals surface area contributed by atoms with Crippen LogP contribution in [0.15, 0.2) is 36.8 Å². The molecule has 0 radical (unpaired) electrons. The zero-order valence-electron chi connectivity index (χ0n) is 13.7. The first kappa shape index (κ1) is 17.0. The van der Waals surface area contributed by atoms with E-state index in [1.165, 1.54) is 36.8 Å². The summed E-state index contributed by atoms with van der Waals surface area (Å²) in [5.74, 6) is -1.24. The average Bonchev–Trinajstić information content (AvgIpc) is 2.66. The maximum absolute atomic E-state index is 14.0. The van der Waals surface area contributed by atoms with E-state index in [2.05, 4.69) is 20.6 Å². The number of amides is 2. The SMILES string of the molecule is O=C(Nc1ccc(F)c(NC(=O)C2CCCCC2)c1)c1cnccn1. The number of hydrogen-bond acceptors (Lipinski definition) is 4. The monoisotopic (exact) mass is 342 g/mol. The third-order valence-corrected chi connectivity index (χ3v) is 4.25. The van der Waals surface area contributed by atoms with E-state index < -0.39 is 11.7 Å². The van der Waals surface area contributed by atoms with Crippen molar-refractivity contribution >= 4 is 23.2 Å². The van der Waals surface area contributed by atoms with Gasteiger partial charge in [-0.05, 0) is 31.0 Å². The summed E-state index contributed by atoms with van der Waals surface area (Å²) in [6.07, 6.45) is 9.06. The minimum Gasteiger partial charge on any atom is -0.323 e. The lowest BCUT2D eigenvalue weighted by Gasteiger charge is -2.21. The molecule has 2 amide bonds. The molecule has 0 atom stereocenters. The van der Waals surface area contributed by atoms with Gasteiger partial charge in [0.2, 0.25) is 5.91 Å². The van der Waals surface area contributed by atoms with Gasteiger partial charge in [0.25, 0.3) is 5.91 Å². The van der Waals surface area contributed by atoms with E-state index >= 15 is 0 Å². The van der Waals surface area contributed by atoms with Crippen LogP contribution in [0.4, 0.5) is 15.8 Å². The number of aromatic nitrogens is 2. The minimum atomic E-state index is -0.540. The summed E-state index contributed by atoms with van der Waals surface area (Å²) in [6.45, 7) is 0. The van der Waals surface area contributed by atoms with Gasteiger partial charge in [0, 0.05) is 24.0 Å². The Hall–Kier alpha value is -2.83. The van der Waals surface area contributed by atoms with Crippen LogP contribution < -0.4 is 10.6 Å². The second-order valence-electron chi connectivity index (χ2n) is 6.06. The number of hydrogen-bond donors (Lipinski definition) is 2. The fraction of sp³-hybridized carbons (Fsp3) is 0.333. The summed E-state index contributed by atoms with van der Waals surface area (Å²) in [5, 5.41) is 5.26. The molecule has 7 heteroatoms. The molecule has 130 valence electrons.